The van der Waals surface area contributed by atoms with Crippen molar-refractivity contribution in [1.82, 2.24) is 10.6 Å². The molecule has 0 bridgehead atoms. The van der Waals surface area contributed by atoms with Crippen LogP contribution in [-0.2, 0) is 14.3 Å². The molecule has 0 spiro atoms. The number of aliphatic carboxylic acids is 1. The molecule has 0 aromatic rings. The topological polar surface area (TPSA) is 96.9 Å². The van der Waals surface area contributed by atoms with Crippen molar-refractivity contribution in [2.75, 3.05) is 39.5 Å². The molecule has 1 heterocycles. The van der Waals surface area contributed by atoms with Crippen LogP contribution in [0.25, 0.3) is 0 Å². The van der Waals surface area contributed by atoms with Crippen LogP contribution < -0.4 is 10.6 Å². The first kappa shape index (κ1) is 16.0. The molecule has 0 aromatic carbocycles. The number of carbonyl (C=O) groups is 2. The molecule has 21 heavy (non-hydrogen) atoms. The molecule has 7 nitrogen and oxygen atoms in total. The zero-order chi connectivity index (χ0) is 15.1. The number of amides is 2. The van der Waals surface area contributed by atoms with E-state index in [4.69, 9.17) is 9.47 Å². The Morgan fingerprint density at radius 2 is 1.95 bits per heavy atom. The van der Waals surface area contributed by atoms with E-state index in [0.29, 0.717) is 45.1 Å². The van der Waals surface area contributed by atoms with Crippen LogP contribution in [0.3, 0.4) is 0 Å². The number of ether oxygens (including phenoxy) is 2. The van der Waals surface area contributed by atoms with Gasteiger partial charge in [0.2, 0.25) is 0 Å². The second-order valence-corrected chi connectivity index (χ2v) is 5.83. The van der Waals surface area contributed by atoms with E-state index >= 15 is 0 Å². The summed E-state index contributed by atoms with van der Waals surface area (Å²) in [4.78, 5) is 23.1. The minimum atomic E-state index is -0.905. The SMILES string of the molecule is O=C(NCCOCC1CC1)NCC1(C(=O)O)CCOCC1. The Kier molecular flexibility index (Phi) is 5.81. The van der Waals surface area contributed by atoms with Gasteiger partial charge in [-0.1, -0.05) is 0 Å². The van der Waals surface area contributed by atoms with Crippen LogP contribution in [0.1, 0.15) is 25.7 Å². The van der Waals surface area contributed by atoms with Crippen LogP contribution in [-0.4, -0.2) is 56.6 Å². The first-order valence-corrected chi connectivity index (χ1v) is 7.53. The van der Waals surface area contributed by atoms with E-state index in [1.54, 1.807) is 0 Å². The fraction of sp³-hybridized carbons (Fsp3) is 0.857. The molecule has 1 aliphatic carbocycles. The van der Waals surface area contributed by atoms with E-state index < -0.39 is 11.4 Å². The summed E-state index contributed by atoms with van der Waals surface area (Å²) in [6.07, 6.45) is 3.34. The Bertz CT molecular complexity index is 364. The van der Waals surface area contributed by atoms with Crippen molar-refractivity contribution in [1.29, 1.82) is 0 Å². The number of carboxylic acids is 1. The summed E-state index contributed by atoms with van der Waals surface area (Å²) in [5.74, 6) is -0.165. The molecule has 0 aromatic heterocycles. The van der Waals surface area contributed by atoms with Crippen LogP contribution in [0.5, 0.6) is 0 Å². The predicted octanol–water partition coefficient (Wildman–Crippen LogP) is 0.594. The van der Waals surface area contributed by atoms with Gasteiger partial charge in [-0.15, -0.1) is 0 Å². The summed E-state index contributed by atoms with van der Waals surface area (Å²) in [7, 11) is 0. The Morgan fingerprint density at radius 1 is 1.24 bits per heavy atom. The monoisotopic (exact) mass is 300 g/mol. The van der Waals surface area contributed by atoms with Gasteiger partial charge in [0.15, 0.2) is 0 Å². The molecule has 0 unspecified atom stereocenters. The molecule has 120 valence electrons. The van der Waals surface area contributed by atoms with Crippen LogP contribution in [0.15, 0.2) is 0 Å². The lowest BCUT2D eigenvalue weighted by molar-refractivity contribution is -0.154. The normalized spacial score (nSPS) is 20.8. The maximum atomic E-state index is 11.7. The second kappa shape index (κ2) is 7.61. The van der Waals surface area contributed by atoms with Gasteiger partial charge in [0.05, 0.1) is 12.0 Å². The van der Waals surface area contributed by atoms with E-state index in [1.807, 2.05) is 0 Å². The fourth-order valence-corrected chi connectivity index (χ4v) is 2.31. The molecular weight excluding hydrogens is 276 g/mol. The van der Waals surface area contributed by atoms with Gasteiger partial charge in [0, 0.05) is 32.9 Å². The minimum absolute atomic E-state index is 0.125. The molecule has 3 N–H and O–H groups in total. The molecule has 2 amide bonds. The number of nitrogens with one attached hydrogen (secondary N) is 2. The fourth-order valence-electron chi connectivity index (χ4n) is 2.31. The van der Waals surface area contributed by atoms with Gasteiger partial charge in [-0.2, -0.15) is 0 Å². The zero-order valence-corrected chi connectivity index (χ0v) is 12.2. The van der Waals surface area contributed by atoms with Crippen LogP contribution in [0, 0.1) is 11.3 Å². The van der Waals surface area contributed by atoms with Crippen LogP contribution >= 0.6 is 0 Å². The van der Waals surface area contributed by atoms with E-state index in [9.17, 15) is 14.7 Å². The highest BCUT2D eigenvalue weighted by molar-refractivity contribution is 5.78. The van der Waals surface area contributed by atoms with E-state index in [2.05, 4.69) is 10.6 Å². The van der Waals surface area contributed by atoms with Gasteiger partial charge in [-0.25, -0.2) is 4.79 Å². The summed E-state index contributed by atoms with van der Waals surface area (Å²) in [5, 5.41) is 14.7. The smallest absolute Gasteiger partial charge is 0.314 e. The van der Waals surface area contributed by atoms with Crippen molar-refractivity contribution >= 4 is 12.0 Å². The lowest BCUT2D eigenvalue weighted by Crippen LogP contribution is -2.49. The molecule has 0 atom stereocenters. The highest BCUT2D eigenvalue weighted by Crippen LogP contribution is 2.30. The lowest BCUT2D eigenvalue weighted by Gasteiger charge is -2.33. The van der Waals surface area contributed by atoms with Gasteiger partial charge in [-0.3, -0.25) is 4.79 Å². The quantitative estimate of drug-likeness (QED) is 0.570. The van der Waals surface area contributed by atoms with Gasteiger partial charge in [0.1, 0.15) is 0 Å². The predicted molar refractivity (Wildman–Crippen MR) is 75.1 cm³/mol. The molecule has 1 saturated carbocycles. The highest BCUT2D eigenvalue weighted by atomic mass is 16.5. The number of hydrogen-bond donors (Lipinski definition) is 3. The molecular formula is C14H24N2O5. The average molecular weight is 300 g/mol. The maximum Gasteiger partial charge on any atom is 0.314 e. The Morgan fingerprint density at radius 3 is 2.57 bits per heavy atom. The summed E-state index contributed by atoms with van der Waals surface area (Å²) >= 11 is 0. The third-order valence-corrected chi connectivity index (χ3v) is 4.07. The van der Waals surface area contributed by atoms with Crippen molar-refractivity contribution < 1.29 is 24.2 Å². The third-order valence-electron chi connectivity index (χ3n) is 4.07. The molecule has 1 aliphatic heterocycles. The standard InChI is InChI=1S/C14H24N2O5/c17-12(18)14(3-6-20-7-4-14)10-16-13(19)15-5-8-21-9-11-1-2-11/h11H,1-10H2,(H,17,18)(H2,15,16,19). The number of urea groups is 1. The lowest BCUT2D eigenvalue weighted by atomic mass is 9.80. The molecule has 7 heteroatoms. The van der Waals surface area contributed by atoms with Crippen molar-refractivity contribution in [3.05, 3.63) is 0 Å². The summed E-state index contributed by atoms with van der Waals surface area (Å²) in [5.41, 5.74) is -0.905. The number of carboxylic acid groups (broad SMARTS) is 1. The summed E-state index contributed by atoms with van der Waals surface area (Å²) < 4.78 is 10.6. The van der Waals surface area contributed by atoms with Crippen LogP contribution in [0.2, 0.25) is 0 Å². The molecule has 0 radical (unpaired) electrons. The number of carbonyl (C=O) groups excluding carboxylic acids is 1. The first-order chi connectivity index (χ1) is 10.1. The Hall–Kier alpha value is -1.34. The molecule has 2 fully saturated rings. The molecule has 2 rings (SSSR count). The highest BCUT2D eigenvalue weighted by Gasteiger charge is 2.40. The van der Waals surface area contributed by atoms with E-state index in [-0.39, 0.29) is 12.6 Å². The maximum absolute atomic E-state index is 11.7. The van der Waals surface area contributed by atoms with E-state index in [1.165, 1.54) is 12.8 Å². The Balaban J connectivity index is 1.60. The van der Waals surface area contributed by atoms with Crippen LogP contribution in [0.4, 0.5) is 4.79 Å². The van der Waals surface area contributed by atoms with Crippen molar-refractivity contribution in [2.45, 2.75) is 25.7 Å². The number of hydrogen-bond acceptors (Lipinski definition) is 4. The first-order valence-electron chi connectivity index (χ1n) is 7.53. The number of rotatable bonds is 8. The van der Waals surface area contributed by atoms with Gasteiger partial charge < -0.3 is 25.2 Å². The second-order valence-electron chi connectivity index (χ2n) is 5.83. The minimum Gasteiger partial charge on any atom is -0.481 e. The molecule has 1 saturated heterocycles. The average Bonchev–Trinajstić information content (AvgIpc) is 3.30. The van der Waals surface area contributed by atoms with Crippen molar-refractivity contribution in [2.24, 2.45) is 11.3 Å². The van der Waals surface area contributed by atoms with Crippen molar-refractivity contribution in [3.8, 4) is 0 Å². The van der Waals surface area contributed by atoms with Gasteiger partial charge in [-0.05, 0) is 31.6 Å². The molecule has 2 aliphatic rings. The zero-order valence-electron chi connectivity index (χ0n) is 12.2. The summed E-state index contributed by atoms with van der Waals surface area (Å²) in [6.45, 7) is 2.66. The third kappa shape index (κ3) is 5.17. The summed E-state index contributed by atoms with van der Waals surface area (Å²) in [6, 6.07) is -0.350. The van der Waals surface area contributed by atoms with Gasteiger partial charge in [0.25, 0.3) is 0 Å². The van der Waals surface area contributed by atoms with Gasteiger partial charge >= 0.3 is 12.0 Å². The van der Waals surface area contributed by atoms with E-state index in [0.717, 1.165) is 6.61 Å². The van der Waals surface area contributed by atoms with Crippen molar-refractivity contribution in [3.63, 3.8) is 0 Å². The largest absolute Gasteiger partial charge is 0.481 e. The Labute approximate surface area is 124 Å².